The van der Waals surface area contributed by atoms with Gasteiger partial charge in [0.25, 0.3) is 5.56 Å². The van der Waals surface area contributed by atoms with Crippen LogP contribution in [0.5, 0.6) is 0 Å². The van der Waals surface area contributed by atoms with Crippen LogP contribution in [0.15, 0.2) is 41.8 Å². The van der Waals surface area contributed by atoms with Crippen LogP contribution in [0, 0.1) is 0 Å². The molecule has 2 aliphatic heterocycles. The van der Waals surface area contributed by atoms with Gasteiger partial charge in [-0.3, -0.25) is 9.69 Å². The van der Waals surface area contributed by atoms with Crippen molar-refractivity contribution >= 4 is 5.82 Å². The number of aromatic amines is 1. The Morgan fingerprint density at radius 1 is 1.00 bits per heavy atom. The maximum atomic E-state index is 12.7. The van der Waals surface area contributed by atoms with Crippen molar-refractivity contribution < 1.29 is 0 Å². The molecule has 8 nitrogen and oxygen atoms in total. The molecule has 3 aromatic heterocycles. The number of nitrogens with zero attached hydrogens (tertiary/aromatic N) is 6. The lowest BCUT2D eigenvalue weighted by molar-refractivity contribution is 0.241. The molecule has 0 aliphatic carbocycles. The van der Waals surface area contributed by atoms with Gasteiger partial charge in [-0.15, -0.1) is 0 Å². The molecule has 0 aromatic carbocycles. The third kappa shape index (κ3) is 3.95. The summed E-state index contributed by atoms with van der Waals surface area (Å²) in [5.41, 5.74) is 3.43. The molecule has 0 atom stereocenters. The van der Waals surface area contributed by atoms with Crippen molar-refractivity contribution in [1.29, 1.82) is 0 Å². The van der Waals surface area contributed by atoms with Gasteiger partial charge in [0, 0.05) is 57.7 Å². The Labute approximate surface area is 175 Å². The van der Waals surface area contributed by atoms with Gasteiger partial charge in [-0.05, 0) is 30.9 Å². The van der Waals surface area contributed by atoms with Crippen LogP contribution in [0.25, 0.3) is 11.4 Å². The van der Waals surface area contributed by atoms with E-state index in [1.165, 1.54) is 31.2 Å². The zero-order valence-electron chi connectivity index (χ0n) is 16.9. The Kier molecular flexibility index (Phi) is 5.23. The van der Waals surface area contributed by atoms with E-state index in [0.717, 1.165) is 55.2 Å². The minimum atomic E-state index is -0.0814. The Morgan fingerprint density at radius 3 is 2.60 bits per heavy atom. The SMILES string of the molecule is O=c1[nH]c(-c2cncnc2)nc2c1CN(Cc1ccc(N3CCCCC3)nc1)CC2. The van der Waals surface area contributed by atoms with E-state index in [0.29, 0.717) is 12.4 Å². The van der Waals surface area contributed by atoms with Crippen LogP contribution in [0.3, 0.4) is 0 Å². The smallest absolute Gasteiger partial charge is 0.255 e. The van der Waals surface area contributed by atoms with Crippen LogP contribution in [0.4, 0.5) is 5.82 Å². The van der Waals surface area contributed by atoms with Gasteiger partial charge in [0.2, 0.25) is 0 Å². The van der Waals surface area contributed by atoms with Crippen molar-refractivity contribution in [3.63, 3.8) is 0 Å². The Morgan fingerprint density at radius 2 is 1.83 bits per heavy atom. The largest absolute Gasteiger partial charge is 0.357 e. The van der Waals surface area contributed by atoms with E-state index in [9.17, 15) is 4.79 Å². The molecule has 0 spiro atoms. The third-order valence-corrected chi connectivity index (χ3v) is 5.88. The molecule has 1 N–H and O–H groups in total. The number of aromatic nitrogens is 5. The molecule has 5 heterocycles. The van der Waals surface area contributed by atoms with Gasteiger partial charge >= 0.3 is 0 Å². The summed E-state index contributed by atoms with van der Waals surface area (Å²) < 4.78 is 0. The number of piperidine rings is 1. The lowest BCUT2D eigenvalue weighted by atomic mass is 10.1. The quantitative estimate of drug-likeness (QED) is 0.714. The standard InChI is InChI=1S/C22H25N7O/c30-22-18-14-28(9-6-19(18)26-21(27-22)17-11-23-15-24-12-17)13-16-4-5-20(25-10-16)29-7-2-1-3-8-29/h4-5,10-12,15H,1-3,6-9,13-14H2,(H,26,27,30). The number of anilines is 1. The Balaban J connectivity index is 1.28. The maximum absolute atomic E-state index is 12.7. The van der Waals surface area contributed by atoms with Crippen molar-refractivity contribution in [2.45, 2.75) is 38.8 Å². The van der Waals surface area contributed by atoms with E-state index in [4.69, 9.17) is 0 Å². The van der Waals surface area contributed by atoms with Gasteiger partial charge in [-0.1, -0.05) is 6.07 Å². The highest BCUT2D eigenvalue weighted by molar-refractivity contribution is 5.52. The molecule has 154 valence electrons. The van der Waals surface area contributed by atoms with Crippen LogP contribution in [0.2, 0.25) is 0 Å². The second-order valence-electron chi connectivity index (χ2n) is 8.00. The van der Waals surface area contributed by atoms with Crippen LogP contribution in [-0.2, 0) is 19.5 Å². The molecule has 1 fully saturated rings. The molecule has 0 amide bonds. The topological polar surface area (TPSA) is 90.9 Å². The van der Waals surface area contributed by atoms with Crippen LogP contribution in [-0.4, -0.2) is 49.5 Å². The molecular formula is C22H25N7O. The minimum absolute atomic E-state index is 0.0814. The predicted octanol–water partition coefficient (Wildman–Crippen LogP) is 2.17. The number of nitrogens with one attached hydrogen (secondary N) is 1. The second-order valence-corrected chi connectivity index (χ2v) is 8.00. The molecular weight excluding hydrogens is 378 g/mol. The first-order valence-electron chi connectivity index (χ1n) is 10.6. The summed E-state index contributed by atoms with van der Waals surface area (Å²) in [4.78, 5) is 37.6. The van der Waals surface area contributed by atoms with Crippen molar-refractivity contribution in [1.82, 2.24) is 29.8 Å². The van der Waals surface area contributed by atoms with Crippen molar-refractivity contribution in [3.05, 3.63) is 64.2 Å². The van der Waals surface area contributed by atoms with Crippen LogP contribution < -0.4 is 10.5 Å². The molecule has 1 saturated heterocycles. The van der Waals surface area contributed by atoms with Gasteiger partial charge in [0.05, 0.1) is 16.8 Å². The average Bonchev–Trinajstić information content (AvgIpc) is 2.81. The molecule has 3 aromatic rings. The van der Waals surface area contributed by atoms with E-state index in [1.54, 1.807) is 12.4 Å². The highest BCUT2D eigenvalue weighted by Crippen LogP contribution is 2.21. The second kappa shape index (κ2) is 8.31. The van der Waals surface area contributed by atoms with Gasteiger partial charge in [-0.25, -0.2) is 19.9 Å². The summed E-state index contributed by atoms with van der Waals surface area (Å²) >= 11 is 0. The zero-order chi connectivity index (χ0) is 20.3. The van der Waals surface area contributed by atoms with Gasteiger partial charge in [0.15, 0.2) is 0 Å². The highest BCUT2D eigenvalue weighted by Gasteiger charge is 2.22. The number of hydrogen-bond donors (Lipinski definition) is 1. The fraction of sp³-hybridized carbons (Fsp3) is 0.409. The van der Waals surface area contributed by atoms with Crippen molar-refractivity contribution in [3.8, 4) is 11.4 Å². The van der Waals surface area contributed by atoms with E-state index in [-0.39, 0.29) is 5.56 Å². The van der Waals surface area contributed by atoms with Crippen LogP contribution >= 0.6 is 0 Å². The summed E-state index contributed by atoms with van der Waals surface area (Å²) in [6.45, 7) is 4.43. The lowest BCUT2D eigenvalue weighted by Gasteiger charge is -2.29. The molecule has 8 heteroatoms. The first-order valence-corrected chi connectivity index (χ1v) is 10.6. The maximum Gasteiger partial charge on any atom is 0.255 e. The van der Waals surface area contributed by atoms with E-state index >= 15 is 0 Å². The summed E-state index contributed by atoms with van der Waals surface area (Å²) in [6, 6.07) is 4.29. The summed E-state index contributed by atoms with van der Waals surface area (Å²) in [7, 11) is 0. The van der Waals surface area contributed by atoms with Gasteiger partial charge < -0.3 is 9.88 Å². The summed E-state index contributed by atoms with van der Waals surface area (Å²) in [6.07, 6.45) is 11.3. The molecule has 2 aliphatic rings. The normalized spacial score (nSPS) is 17.0. The number of H-pyrrole nitrogens is 1. The van der Waals surface area contributed by atoms with E-state index in [1.807, 2.05) is 6.20 Å². The number of pyridine rings is 1. The van der Waals surface area contributed by atoms with Gasteiger partial charge in [-0.2, -0.15) is 0 Å². The predicted molar refractivity (Wildman–Crippen MR) is 114 cm³/mol. The summed E-state index contributed by atoms with van der Waals surface area (Å²) in [5, 5.41) is 0. The third-order valence-electron chi connectivity index (χ3n) is 5.88. The number of rotatable bonds is 4. The van der Waals surface area contributed by atoms with Crippen molar-refractivity contribution in [2.24, 2.45) is 0 Å². The monoisotopic (exact) mass is 403 g/mol. The van der Waals surface area contributed by atoms with E-state index in [2.05, 4.69) is 46.9 Å². The zero-order valence-corrected chi connectivity index (χ0v) is 16.9. The summed E-state index contributed by atoms with van der Waals surface area (Å²) in [5.74, 6) is 1.60. The molecule has 0 bridgehead atoms. The Hall–Kier alpha value is -3.13. The molecule has 0 saturated carbocycles. The van der Waals surface area contributed by atoms with Crippen LogP contribution in [0.1, 0.15) is 36.1 Å². The molecule has 0 radical (unpaired) electrons. The fourth-order valence-electron chi connectivity index (χ4n) is 4.25. The minimum Gasteiger partial charge on any atom is -0.357 e. The van der Waals surface area contributed by atoms with Crippen molar-refractivity contribution in [2.75, 3.05) is 24.5 Å². The fourth-order valence-corrected chi connectivity index (χ4v) is 4.25. The highest BCUT2D eigenvalue weighted by atomic mass is 16.1. The molecule has 0 unspecified atom stereocenters. The average molecular weight is 403 g/mol. The van der Waals surface area contributed by atoms with Gasteiger partial charge in [0.1, 0.15) is 18.0 Å². The Bertz CT molecular complexity index is 1060. The first-order chi connectivity index (χ1) is 14.8. The number of fused-ring (bicyclic) bond motifs is 1. The number of hydrogen-bond acceptors (Lipinski definition) is 7. The first kappa shape index (κ1) is 18.9. The molecule has 30 heavy (non-hydrogen) atoms. The van der Waals surface area contributed by atoms with E-state index < -0.39 is 0 Å². The molecule has 5 rings (SSSR count). The lowest BCUT2D eigenvalue weighted by Crippen LogP contribution is -2.35.